The summed E-state index contributed by atoms with van der Waals surface area (Å²) in [5, 5.41) is 6.44. The Hall–Kier alpha value is -2.34. The van der Waals surface area contributed by atoms with E-state index in [1.807, 2.05) is 44.2 Å². The first-order chi connectivity index (χ1) is 11.1. The van der Waals surface area contributed by atoms with Gasteiger partial charge in [-0.25, -0.2) is 4.98 Å². The zero-order valence-corrected chi connectivity index (χ0v) is 14.1. The second-order valence-corrected chi connectivity index (χ2v) is 5.19. The van der Waals surface area contributed by atoms with Gasteiger partial charge < -0.3 is 19.8 Å². The van der Waals surface area contributed by atoms with Crippen LogP contribution >= 0.6 is 0 Å². The van der Waals surface area contributed by atoms with Crippen molar-refractivity contribution in [2.45, 2.75) is 26.5 Å². The predicted molar refractivity (Wildman–Crippen MR) is 90.4 cm³/mol. The molecular weight excluding hydrogens is 292 g/mol. The number of hydrogen-bond donors (Lipinski definition) is 2. The third-order valence-corrected chi connectivity index (χ3v) is 3.61. The first kappa shape index (κ1) is 17.0. The van der Waals surface area contributed by atoms with Crippen LogP contribution in [0, 0.1) is 13.8 Å². The third-order valence-electron chi connectivity index (χ3n) is 3.61. The smallest absolute Gasteiger partial charge is 0.214 e. The van der Waals surface area contributed by atoms with Gasteiger partial charge in [0.1, 0.15) is 5.76 Å². The Morgan fingerprint density at radius 1 is 1.26 bits per heavy atom. The van der Waals surface area contributed by atoms with Gasteiger partial charge in [0.15, 0.2) is 5.96 Å². The van der Waals surface area contributed by atoms with Gasteiger partial charge >= 0.3 is 0 Å². The number of ether oxygens (including phenoxy) is 1. The lowest BCUT2D eigenvalue weighted by Gasteiger charge is -2.18. The topological polar surface area (TPSA) is 71.7 Å². The summed E-state index contributed by atoms with van der Waals surface area (Å²) in [5.74, 6) is 2.17. The van der Waals surface area contributed by atoms with E-state index < -0.39 is 0 Å². The molecule has 6 heteroatoms. The number of aryl methyl sites for hydroxylation is 2. The minimum absolute atomic E-state index is 0.0408. The third kappa shape index (κ3) is 4.82. The number of guanidine groups is 1. The fraction of sp³-hybridized carbons (Fsp3) is 0.412. The first-order valence-corrected chi connectivity index (χ1v) is 7.59. The summed E-state index contributed by atoms with van der Waals surface area (Å²) < 4.78 is 11.1. The molecule has 2 N–H and O–H groups in total. The zero-order chi connectivity index (χ0) is 16.7. The van der Waals surface area contributed by atoms with Gasteiger partial charge in [-0.05, 0) is 19.4 Å². The van der Waals surface area contributed by atoms with Crippen LogP contribution in [0.2, 0.25) is 0 Å². The number of nitrogens with one attached hydrogen (secondary N) is 2. The molecule has 0 aliphatic heterocycles. The monoisotopic (exact) mass is 316 g/mol. The van der Waals surface area contributed by atoms with E-state index in [9.17, 15) is 0 Å². The summed E-state index contributed by atoms with van der Waals surface area (Å²) in [6.07, 6.45) is -0.0408. The van der Waals surface area contributed by atoms with Crippen molar-refractivity contribution in [1.82, 2.24) is 15.6 Å². The first-order valence-electron chi connectivity index (χ1n) is 7.59. The zero-order valence-electron chi connectivity index (χ0n) is 14.1. The Bertz CT molecular complexity index is 618. The van der Waals surface area contributed by atoms with Gasteiger partial charge in [0.05, 0.1) is 18.3 Å². The van der Waals surface area contributed by atoms with Gasteiger partial charge in [0.2, 0.25) is 5.89 Å². The van der Waals surface area contributed by atoms with E-state index in [2.05, 4.69) is 20.6 Å². The molecule has 6 nitrogen and oxygen atoms in total. The van der Waals surface area contributed by atoms with Gasteiger partial charge in [-0.2, -0.15) is 0 Å². The van der Waals surface area contributed by atoms with Crippen LogP contribution in [0.1, 0.15) is 29.0 Å². The van der Waals surface area contributed by atoms with Gasteiger partial charge in [0, 0.05) is 20.7 Å². The molecular formula is C17H24N4O2. The quantitative estimate of drug-likeness (QED) is 0.632. The number of methoxy groups -OCH3 is 1. The number of hydrogen-bond acceptors (Lipinski definition) is 4. The largest absolute Gasteiger partial charge is 0.444 e. The lowest BCUT2D eigenvalue weighted by atomic mass is 10.1. The van der Waals surface area contributed by atoms with Crippen LogP contribution in [0.5, 0.6) is 0 Å². The van der Waals surface area contributed by atoms with Gasteiger partial charge in [0.25, 0.3) is 0 Å². The molecule has 23 heavy (non-hydrogen) atoms. The molecule has 0 saturated heterocycles. The maximum absolute atomic E-state index is 5.54. The SMILES string of the molecule is CN=C(NCc1nc(C)c(C)o1)NCC(OC)c1ccccc1. The van der Waals surface area contributed by atoms with Crippen LogP contribution in [0.15, 0.2) is 39.7 Å². The predicted octanol–water partition coefficient (Wildman–Crippen LogP) is 2.34. The van der Waals surface area contributed by atoms with Crippen molar-refractivity contribution in [3.05, 3.63) is 53.2 Å². The molecule has 0 spiro atoms. The normalized spacial score (nSPS) is 13.0. The van der Waals surface area contributed by atoms with E-state index in [4.69, 9.17) is 9.15 Å². The molecule has 1 atom stereocenters. The van der Waals surface area contributed by atoms with Crippen molar-refractivity contribution in [1.29, 1.82) is 0 Å². The molecule has 0 radical (unpaired) electrons. The molecule has 0 amide bonds. The Kier molecular flexibility index (Phi) is 6.17. The molecule has 1 aromatic heterocycles. The maximum Gasteiger partial charge on any atom is 0.214 e. The van der Waals surface area contributed by atoms with Gasteiger partial charge in [-0.3, -0.25) is 4.99 Å². The molecule has 0 saturated carbocycles. The van der Waals surface area contributed by atoms with Crippen molar-refractivity contribution in [2.24, 2.45) is 4.99 Å². The molecule has 1 heterocycles. The molecule has 2 aromatic rings. The maximum atomic E-state index is 5.54. The van der Waals surface area contributed by atoms with Crippen molar-refractivity contribution < 1.29 is 9.15 Å². The van der Waals surface area contributed by atoms with Gasteiger partial charge in [-0.1, -0.05) is 30.3 Å². The number of rotatable bonds is 6. The number of aliphatic imine (C=N–C) groups is 1. The van der Waals surface area contributed by atoms with Crippen LogP contribution in [-0.4, -0.2) is 31.6 Å². The van der Waals surface area contributed by atoms with Crippen molar-refractivity contribution >= 4 is 5.96 Å². The second-order valence-electron chi connectivity index (χ2n) is 5.19. The summed E-state index contributed by atoms with van der Waals surface area (Å²) >= 11 is 0. The van der Waals surface area contributed by atoms with E-state index in [0.29, 0.717) is 24.9 Å². The minimum atomic E-state index is -0.0408. The molecule has 0 bridgehead atoms. The number of oxazole rings is 1. The highest BCUT2D eigenvalue weighted by Crippen LogP contribution is 2.14. The number of nitrogens with zero attached hydrogens (tertiary/aromatic N) is 2. The number of aromatic nitrogens is 1. The van der Waals surface area contributed by atoms with E-state index >= 15 is 0 Å². The summed E-state index contributed by atoms with van der Waals surface area (Å²) in [6, 6.07) is 10.1. The Morgan fingerprint density at radius 3 is 2.57 bits per heavy atom. The highest BCUT2D eigenvalue weighted by atomic mass is 16.5. The molecule has 124 valence electrons. The summed E-state index contributed by atoms with van der Waals surface area (Å²) in [4.78, 5) is 8.54. The summed E-state index contributed by atoms with van der Waals surface area (Å²) in [6.45, 7) is 4.93. The molecule has 0 aliphatic rings. The minimum Gasteiger partial charge on any atom is -0.444 e. The highest BCUT2D eigenvalue weighted by Gasteiger charge is 2.11. The van der Waals surface area contributed by atoms with Crippen LogP contribution in [0.25, 0.3) is 0 Å². The molecule has 1 aromatic carbocycles. The Morgan fingerprint density at radius 2 is 2.00 bits per heavy atom. The van der Waals surface area contributed by atoms with Crippen LogP contribution < -0.4 is 10.6 Å². The van der Waals surface area contributed by atoms with E-state index in [1.165, 1.54) is 0 Å². The fourth-order valence-electron chi connectivity index (χ4n) is 2.19. The fourth-order valence-corrected chi connectivity index (χ4v) is 2.19. The average molecular weight is 316 g/mol. The summed E-state index contributed by atoms with van der Waals surface area (Å²) in [7, 11) is 3.43. The van der Waals surface area contributed by atoms with E-state index in [1.54, 1.807) is 14.2 Å². The van der Waals surface area contributed by atoms with Crippen LogP contribution in [-0.2, 0) is 11.3 Å². The van der Waals surface area contributed by atoms with Crippen LogP contribution in [0.3, 0.4) is 0 Å². The molecule has 2 rings (SSSR count). The van der Waals surface area contributed by atoms with Crippen molar-refractivity contribution in [3.63, 3.8) is 0 Å². The van der Waals surface area contributed by atoms with Crippen molar-refractivity contribution in [2.75, 3.05) is 20.7 Å². The van der Waals surface area contributed by atoms with Gasteiger partial charge in [-0.15, -0.1) is 0 Å². The standard InChI is InChI=1S/C17H24N4O2/c1-12-13(2)23-16(21-12)11-20-17(18-3)19-10-15(22-4)14-8-6-5-7-9-14/h5-9,15H,10-11H2,1-4H3,(H2,18,19,20). The van der Waals surface area contributed by atoms with E-state index in [-0.39, 0.29) is 6.10 Å². The molecule has 1 unspecified atom stereocenters. The van der Waals surface area contributed by atoms with Crippen molar-refractivity contribution in [3.8, 4) is 0 Å². The van der Waals surface area contributed by atoms with Crippen LogP contribution in [0.4, 0.5) is 0 Å². The molecule has 0 fully saturated rings. The average Bonchev–Trinajstić information content (AvgIpc) is 2.90. The molecule has 0 aliphatic carbocycles. The van der Waals surface area contributed by atoms with E-state index in [0.717, 1.165) is 17.0 Å². The summed E-state index contributed by atoms with van der Waals surface area (Å²) in [5.41, 5.74) is 2.03. The lowest BCUT2D eigenvalue weighted by Crippen LogP contribution is -2.39. The second kappa shape index (κ2) is 8.33. The number of benzene rings is 1. The lowest BCUT2D eigenvalue weighted by molar-refractivity contribution is 0.106. The Balaban J connectivity index is 1.87. The Labute approximate surface area is 137 Å². The highest BCUT2D eigenvalue weighted by molar-refractivity contribution is 5.79.